The molecule has 0 fully saturated rings. The third-order valence-electron chi connectivity index (χ3n) is 2.06. The second-order valence-corrected chi connectivity index (χ2v) is 4.39. The van der Waals surface area contributed by atoms with Crippen molar-refractivity contribution in [2.75, 3.05) is 0 Å². The fourth-order valence-corrected chi connectivity index (χ4v) is 1.97. The Morgan fingerprint density at radius 3 is 2.24 bits per heavy atom. The molecule has 1 atom stereocenters. The molecule has 0 aliphatic carbocycles. The molecule has 1 unspecified atom stereocenters. The molecular weight excluding hydrogens is 240 g/mol. The normalized spacial score (nSPS) is 12.0. The molecule has 2 aromatic rings. The first-order chi connectivity index (χ1) is 8.16. The van der Waals surface area contributed by atoms with Gasteiger partial charge in [0.25, 0.3) is 0 Å². The fraction of sp³-hybridized carbons (Fsp3) is 0. The lowest BCUT2D eigenvalue weighted by molar-refractivity contribution is 0.443. The second kappa shape index (κ2) is 4.88. The van der Waals surface area contributed by atoms with Gasteiger partial charge in [-0.1, -0.05) is 12.1 Å². The van der Waals surface area contributed by atoms with E-state index in [1.165, 1.54) is 36.4 Å². The van der Waals surface area contributed by atoms with Gasteiger partial charge in [0.15, 0.2) is 11.5 Å². The van der Waals surface area contributed by atoms with Crippen LogP contribution in [0.5, 0.6) is 17.2 Å². The van der Waals surface area contributed by atoms with E-state index in [4.69, 9.17) is 9.29 Å². The van der Waals surface area contributed by atoms with Gasteiger partial charge in [0, 0.05) is 0 Å². The average molecular weight is 250 g/mol. The number of rotatable bonds is 3. The zero-order valence-electron chi connectivity index (χ0n) is 8.74. The smallest absolute Gasteiger partial charge is 0.240 e. The summed E-state index contributed by atoms with van der Waals surface area (Å²) in [6, 6.07) is 12.1. The summed E-state index contributed by atoms with van der Waals surface area (Å²) < 4.78 is 16.9. The zero-order valence-corrected chi connectivity index (χ0v) is 9.55. The third kappa shape index (κ3) is 2.76. The van der Waals surface area contributed by atoms with Gasteiger partial charge in [0.05, 0.1) is 4.90 Å². The molecule has 5 heteroatoms. The number of para-hydroxylation sites is 2. The highest BCUT2D eigenvalue weighted by atomic mass is 32.2. The van der Waals surface area contributed by atoms with Gasteiger partial charge in [-0.25, -0.2) is 4.21 Å². The van der Waals surface area contributed by atoms with E-state index in [0.717, 1.165) is 0 Å². The molecule has 0 amide bonds. The minimum atomic E-state index is -1.72. The van der Waals surface area contributed by atoms with Crippen LogP contribution in [-0.4, -0.2) is 14.4 Å². The molecule has 0 heterocycles. The maximum absolute atomic E-state index is 11.8. The highest BCUT2D eigenvalue weighted by molar-refractivity contribution is 7.80. The molecule has 0 saturated carbocycles. The molecule has 0 saturated heterocycles. The van der Waals surface area contributed by atoms with Gasteiger partial charge < -0.3 is 14.4 Å². The first-order valence-corrected chi connectivity index (χ1v) is 5.91. The molecule has 88 valence electrons. The van der Waals surface area contributed by atoms with E-state index < -0.39 is 11.1 Å². The number of aromatic hydroxyl groups is 2. The summed E-state index contributed by atoms with van der Waals surface area (Å²) in [7, 11) is 0. The van der Waals surface area contributed by atoms with E-state index >= 15 is 0 Å². The highest BCUT2D eigenvalue weighted by Gasteiger charge is 2.09. The lowest BCUT2D eigenvalue weighted by Crippen LogP contribution is -2.00. The van der Waals surface area contributed by atoms with Gasteiger partial charge in [0.2, 0.25) is 11.1 Å². The van der Waals surface area contributed by atoms with Gasteiger partial charge in [-0.3, -0.25) is 0 Å². The Kier molecular flexibility index (Phi) is 3.30. The second-order valence-electron chi connectivity index (χ2n) is 3.28. The monoisotopic (exact) mass is 250 g/mol. The molecule has 2 aromatic carbocycles. The minimum absolute atomic E-state index is 0.0698. The molecule has 17 heavy (non-hydrogen) atoms. The van der Waals surface area contributed by atoms with Crippen LogP contribution in [0.15, 0.2) is 53.4 Å². The molecule has 2 rings (SSSR count). The van der Waals surface area contributed by atoms with Gasteiger partial charge in [-0.15, -0.1) is 0 Å². The Morgan fingerprint density at radius 1 is 0.941 bits per heavy atom. The summed E-state index contributed by atoms with van der Waals surface area (Å²) in [6.07, 6.45) is 0. The molecule has 2 N–H and O–H groups in total. The Morgan fingerprint density at radius 2 is 1.59 bits per heavy atom. The molecule has 0 aliphatic heterocycles. The summed E-state index contributed by atoms with van der Waals surface area (Å²) >= 11 is -1.72. The van der Waals surface area contributed by atoms with Crippen LogP contribution >= 0.6 is 0 Å². The van der Waals surface area contributed by atoms with Crippen LogP contribution in [0.4, 0.5) is 0 Å². The van der Waals surface area contributed by atoms with Crippen LogP contribution < -0.4 is 4.18 Å². The minimum Gasteiger partial charge on any atom is -0.508 e. The van der Waals surface area contributed by atoms with Gasteiger partial charge in [-0.2, -0.15) is 0 Å². The van der Waals surface area contributed by atoms with E-state index in [9.17, 15) is 9.32 Å². The van der Waals surface area contributed by atoms with Crippen LogP contribution in [-0.2, 0) is 11.1 Å². The number of hydrogen-bond acceptors (Lipinski definition) is 4. The van der Waals surface area contributed by atoms with Crippen molar-refractivity contribution in [3.8, 4) is 17.2 Å². The van der Waals surface area contributed by atoms with Crippen molar-refractivity contribution in [3.05, 3.63) is 48.5 Å². The Balaban J connectivity index is 2.17. The quantitative estimate of drug-likeness (QED) is 0.876. The summed E-state index contributed by atoms with van der Waals surface area (Å²) in [5, 5.41) is 18.5. The first-order valence-electron chi connectivity index (χ1n) is 4.84. The van der Waals surface area contributed by atoms with Crippen LogP contribution in [0.1, 0.15) is 0 Å². The number of hydrogen-bond donors (Lipinski definition) is 2. The Labute approximate surface area is 101 Å². The molecule has 0 aliphatic rings. The van der Waals surface area contributed by atoms with Crippen LogP contribution in [0, 0.1) is 0 Å². The van der Waals surface area contributed by atoms with Crippen molar-refractivity contribution in [2.24, 2.45) is 0 Å². The average Bonchev–Trinajstić information content (AvgIpc) is 2.33. The lowest BCUT2D eigenvalue weighted by atomic mass is 10.3. The number of benzene rings is 2. The molecule has 0 aromatic heterocycles. The number of phenols is 2. The topological polar surface area (TPSA) is 66.8 Å². The van der Waals surface area contributed by atoms with Gasteiger partial charge >= 0.3 is 0 Å². The van der Waals surface area contributed by atoms with E-state index in [0.29, 0.717) is 4.90 Å². The SMILES string of the molecule is O=S(Oc1ccccc1O)c1ccc(O)cc1. The lowest BCUT2D eigenvalue weighted by Gasteiger charge is -2.06. The maximum atomic E-state index is 11.8. The third-order valence-corrected chi connectivity index (χ3v) is 3.05. The summed E-state index contributed by atoms with van der Waals surface area (Å²) in [4.78, 5) is 0.408. The van der Waals surface area contributed by atoms with Crippen molar-refractivity contribution >= 4 is 11.1 Å². The molecule has 4 nitrogen and oxygen atoms in total. The van der Waals surface area contributed by atoms with Crippen LogP contribution in [0.2, 0.25) is 0 Å². The molecular formula is C12H10O4S. The van der Waals surface area contributed by atoms with E-state index in [1.807, 2.05) is 0 Å². The van der Waals surface area contributed by atoms with Crippen LogP contribution in [0.3, 0.4) is 0 Å². The van der Waals surface area contributed by atoms with Crippen molar-refractivity contribution in [3.63, 3.8) is 0 Å². The molecule has 0 radical (unpaired) electrons. The van der Waals surface area contributed by atoms with Gasteiger partial charge in [-0.05, 0) is 36.4 Å². The molecule has 0 bridgehead atoms. The Bertz CT molecular complexity index is 536. The Hall–Kier alpha value is -2.01. The van der Waals surface area contributed by atoms with E-state index in [-0.39, 0.29) is 17.2 Å². The summed E-state index contributed by atoms with van der Waals surface area (Å²) in [6.45, 7) is 0. The predicted octanol–water partition coefficient (Wildman–Crippen LogP) is 2.20. The van der Waals surface area contributed by atoms with E-state index in [2.05, 4.69) is 0 Å². The zero-order chi connectivity index (χ0) is 12.3. The van der Waals surface area contributed by atoms with Gasteiger partial charge in [0.1, 0.15) is 5.75 Å². The number of phenolic OH excluding ortho intramolecular Hbond substituents is 2. The van der Waals surface area contributed by atoms with Crippen molar-refractivity contribution in [2.45, 2.75) is 4.90 Å². The fourth-order valence-electron chi connectivity index (χ4n) is 1.21. The summed E-state index contributed by atoms with van der Waals surface area (Å²) in [5.74, 6) is 0.173. The molecule has 0 spiro atoms. The van der Waals surface area contributed by atoms with Crippen molar-refractivity contribution in [1.82, 2.24) is 0 Å². The van der Waals surface area contributed by atoms with Crippen LogP contribution in [0.25, 0.3) is 0 Å². The first kappa shape index (κ1) is 11.5. The van der Waals surface area contributed by atoms with Crippen molar-refractivity contribution < 1.29 is 18.6 Å². The van der Waals surface area contributed by atoms with E-state index in [1.54, 1.807) is 12.1 Å². The standard InChI is InChI=1S/C12H10O4S/c13-9-5-7-10(8-6-9)17(15)16-12-4-2-1-3-11(12)14/h1-8,13-14H. The largest absolute Gasteiger partial charge is 0.508 e. The van der Waals surface area contributed by atoms with Crippen molar-refractivity contribution in [1.29, 1.82) is 0 Å². The predicted molar refractivity (Wildman–Crippen MR) is 63.3 cm³/mol. The maximum Gasteiger partial charge on any atom is 0.240 e. The summed E-state index contributed by atoms with van der Waals surface area (Å²) in [5.41, 5.74) is 0. The highest BCUT2D eigenvalue weighted by Crippen LogP contribution is 2.26.